The first-order valence-electron chi connectivity index (χ1n) is 6.95. The van der Waals surface area contributed by atoms with Gasteiger partial charge in [-0.3, -0.25) is 4.79 Å². The van der Waals surface area contributed by atoms with Crippen LogP contribution in [0.2, 0.25) is 0 Å². The number of carbonyl (C=O) groups is 1. The zero-order chi connectivity index (χ0) is 15.9. The van der Waals surface area contributed by atoms with E-state index in [2.05, 4.69) is 20.8 Å². The Kier molecular flexibility index (Phi) is 4.16. The maximum atomic E-state index is 12.4. The van der Waals surface area contributed by atoms with Crippen molar-refractivity contribution in [3.05, 3.63) is 11.5 Å². The van der Waals surface area contributed by atoms with Crippen LogP contribution in [0.4, 0.5) is 0 Å². The number of amides is 1. The summed E-state index contributed by atoms with van der Waals surface area (Å²) in [5, 5.41) is 11.1. The van der Waals surface area contributed by atoms with Crippen LogP contribution in [0.15, 0.2) is 11.5 Å². The first kappa shape index (κ1) is 16.8. The van der Waals surface area contributed by atoms with E-state index < -0.39 is 11.1 Å². The van der Waals surface area contributed by atoms with Gasteiger partial charge < -0.3 is 20.5 Å². The second-order valence-corrected chi connectivity index (χ2v) is 7.64. The molecule has 1 aliphatic heterocycles. The van der Waals surface area contributed by atoms with Crippen LogP contribution in [-0.4, -0.2) is 35.3 Å². The number of methoxy groups -OCH3 is 1. The molecule has 5 heteroatoms. The highest BCUT2D eigenvalue weighted by Crippen LogP contribution is 2.45. The smallest absolute Gasteiger partial charge is 0.276 e. The van der Waals surface area contributed by atoms with Crippen molar-refractivity contribution in [2.45, 2.75) is 53.7 Å². The Balaban J connectivity index is 3.21. The van der Waals surface area contributed by atoms with E-state index in [0.29, 0.717) is 6.54 Å². The molecule has 0 fully saturated rings. The van der Waals surface area contributed by atoms with Crippen molar-refractivity contribution in [1.29, 1.82) is 0 Å². The Morgan fingerprint density at radius 2 is 1.75 bits per heavy atom. The van der Waals surface area contributed by atoms with E-state index in [4.69, 9.17) is 10.5 Å². The molecule has 1 atom stereocenters. The zero-order valence-electron chi connectivity index (χ0n) is 13.7. The second kappa shape index (κ2) is 4.95. The fraction of sp³-hybridized carbons (Fsp3) is 0.800. The van der Waals surface area contributed by atoms with Gasteiger partial charge in [0.05, 0.1) is 7.11 Å². The van der Waals surface area contributed by atoms with Crippen LogP contribution in [0, 0.1) is 10.8 Å². The van der Waals surface area contributed by atoms with Crippen molar-refractivity contribution in [2.75, 3.05) is 13.7 Å². The molecule has 1 amide bonds. The van der Waals surface area contributed by atoms with Crippen LogP contribution in [0.3, 0.4) is 0 Å². The molecule has 1 unspecified atom stereocenters. The molecule has 3 N–H and O–H groups in total. The lowest BCUT2D eigenvalue weighted by Crippen LogP contribution is -2.57. The first-order valence-corrected chi connectivity index (χ1v) is 6.95. The molecule has 0 bridgehead atoms. The number of hydrogen-bond acceptors (Lipinski definition) is 4. The van der Waals surface area contributed by atoms with E-state index in [0.717, 1.165) is 6.42 Å². The van der Waals surface area contributed by atoms with Crippen LogP contribution in [-0.2, 0) is 9.53 Å². The molecule has 1 heterocycles. The van der Waals surface area contributed by atoms with Crippen molar-refractivity contribution in [3.8, 4) is 0 Å². The van der Waals surface area contributed by atoms with Gasteiger partial charge in [-0.15, -0.1) is 0 Å². The van der Waals surface area contributed by atoms with Crippen LogP contribution in [0.5, 0.6) is 0 Å². The molecule has 116 valence electrons. The van der Waals surface area contributed by atoms with Gasteiger partial charge in [-0.25, -0.2) is 0 Å². The summed E-state index contributed by atoms with van der Waals surface area (Å²) in [7, 11) is 1.43. The minimum atomic E-state index is -1.51. The Morgan fingerprint density at radius 3 is 2.10 bits per heavy atom. The van der Waals surface area contributed by atoms with Crippen LogP contribution in [0.25, 0.3) is 0 Å². The highest BCUT2D eigenvalue weighted by atomic mass is 16.5. The summed E-state index contributed by atoms with van der Waals surface area (Å²) in [6.45, 7) is 12.3. The molecule has 0 aromatic heterocycles. The third-order valence-corrected chi connectivity index (χ3v) is 3.76. The predicted octanol–water partition coefficient (Wildman–Crippen LogP) is 1.82. The number of rotatable bonds is 3. The normalized spacial score (nSPS) is 24.6. The fourth-order valence-electron chi connectivity index (χ4n) is 2.41. The molecule has 1 rings (SSSR count). The van der Waals surface area contributed by atoms with Crippen molar-refractivity contribution in [1.82, 2.24) is 4.90 Å². The lowest BCUT2D eigenvalue weighted by molar-refractivity contribution is -0.175. The molecular weight excluding hydrogens is 256 g/mol. The topological polar surface area (TPSA) is 75.8 Å². The van der Waals surface area contributed by atoms with Gasteiger partial charge in [0.15, 0.2) is 5.76 Å². The number of ether oxygens (including phenoxy) is 1. The van der Waals surface area contributed by atoms with Crippen molar-refractivity contribution in [2.24, 2.45) is 16.6 Å². The lowest BCUT2D eigenvalue weighted by atomic mass is 9.81. The monoisotopic (exact) mass is 284 g/mol. The Hall–Kier alpha value is -1.23. The summed E-state index contributed by atoms with van der Waals surface area (Å²) in [6, 6.07) is 0. The number of aliphatic hydroxyl groups is 1. The van der Waals surface area contributed by atoms with Gasteiger partial charge in [0.2, 0.25) is 5.72 Å². The second-order valence-electron chi connectivity index (χ2n) is 7.64. The fourth-order valence-corrected chi connectivity index (χ4v) is 2.41. The lowest BCUT2D eigenvalue weighted by Gasteiger charge is -2.44. The molecule has 1 aliphatic rings. The number of hydrogen-bond donors (Lipinski definition) is 2. The third kappa shape index (κ3) is 2.64. The van der Waals surface area contributed by atoms with Gasteiger partial charge in [0.1, 0.15) is 5.70 Å². The molecule has 0 saturated carbocycles. The molecule has 0 saturated heterocycles. The quantitative estimate of drug-likeness (QED) is 0.829. The van der Waals surface area contributed by atoms with E-state index in [1.807, 2.05) is 20.8 Å². The van der Waals surface area contributed by atoms with E-state index in [-0.39, 0.29) is 22.8 Å². The Bertz CT molecular complexity index is 429. The zero-order valence-corrected chi connectivity index (χ0v) is 13.7. The van der Waals surface area contributed by atoms with Crippen molar-refractivity contribution >= 4 is 5.91 Å². The van der Waals surface area contributed by atoms with Crippen LogP contribution >= 0.6 is 0 Å². The van der Waals surface area contributed by atoms with Gasteiger partial charge in [-0.05, 0) is 11.8 Å². The van der Waals surface area contributed by atoms with Crippen LogP contribution < -0.4 is 5.73 Å². The summed E-state index contributed by atoms with van der Waals surface area (Å²) in [4.78, 5) is 13.8. The van der Waals surface area contributed by atoms with Gasteiger partial charge in [-0.2, -0.15) is 0 Å². The molecular formula is C15H28N2O3. The van der Waals surface area contributed by atoms with Gasteiger partial charge in [0.25, 0.3) is 5.91 Å². The molecule has 0 radical (unpaired) electrons. The van der Waals surface area contributed by atoms with Gasteiger partial charge in [0, 0.05) is 12.0 Å². The average molecular weight is 284 g/mol. The number of carbonyl (C=O) groups excluding carboxylic acids is 1. The first-order chi connectivity index (χ1) is 8.86. The highest BCUT2D eigenvalue weighted by Gasteiger charge is 2.58. The standard InChI is InChI=1S/C15H28N2O3/c1-13(2,3)8-9-17-12(18)10(16)11(20-7)15(17,19)14(4,5)6/h19H,8-9,16H2,1-7H3. The molecule has 0 spiro atoms. The minimum Gasteiger partial charge on any atom is -0.494 e. The summed E-state index contributed by atoms with van der Waals surface area (Å²) >= 11 is 0. The van der Waals surface area contributed by atoms with Crippen molar-refractivity contribution < 1.29 is 14.6 Å². The maximum absolute atomic E-state index is 12.4. The number of nitrogens with two attached hydrogens (primary N) is 1. The van der Waals surface area contributed by atoms with Gasteiger partial charge in [-0.1, -0.05) is 41.5 Å². The van der Waals surface area contributed by atoms with Crippen LogP contribution in [0.1, 0.15) is 48.0 Å². The molecule has 0 aromatic carbocycles. The van der Waals surface area contributed by atoms with E-state index in [1.54, 1.807) is 0 Å². The number of nitrogens with zero attached hydrogens (tertiary/aromatic N) is 1. The molecule has 20 heavy (non-hydrogen) atoms. The summed E-state index contributed by atoms with van der Waals surface area (Å²) in [5.41, 5.74) is 3.79. The molecule has 0 aromatic rings. The van der Waals surface area contributed by atoms with Crippen molar-refractivity contribution in [3.63, 3.8) is 0 Å². The maximum Gasteiger partial charge on any atom is 0.276 e. The summed E-state index contributed by atoms with van der Waals surface area (Å²) in [6.07, 6.45) is 0.765. The summed E-state index contributed by atoms with van der Waals surface area (Å²) in [5.74, 6) is -0.201. The van der Waals surface area contributed by atoms with E-state index in [1.165, 1.54) is 12.0 Å². The minimum absolute atomic E-state index is 0.00108. The highest BCUT2D eigenvalue weighted by molar-refractivity contribution is 5.97. The molecule has 0 aliphatic carbocycles. The Labute approximate surface area is 121 Å². The third-order valence-electron chi connectivity index (χ3n) is 3.76. The van der Waals surface area contributed by atoms with Gasteiger partial charge >= 0.3 is 0 Å². The summed E-state index contributed by atoms with van der Waals surface area (Å²) < 4.78 is 5.24. The van der Waals surface area contributed by atoms with E-state index in [9.17, 15) is 9.90 Å². The largest absolute Gasteiger partial charge is 0.494 e. The predicted molar refractivity (Wildman–Crippen MR) is 78.4 cm³/mol. The SMILES string of the molecule is COC1=C(N)C(=O)N(CCC(C)(C)C)C1(O)C(C)(C)C. The Morgan fingerprint density at radius 1 is 1.25 bits per heavy atom. The molecule has 5 nitrogen and oxygen atoms in total. The average Bonchev–Trinajstić information content (AvgIpc) is 2.44. The van der Waals surface area contributed by atoms with E-state index >= 15 is 0 Å².